The standard InChI is InChI=1S/C19H24N6O/c1-13-16-18(24(2)12-15-6-4-5-11-26-15)21-17(14-7-9-20-10-8-14)22-19(16)25(3)23-13/h7-10,15H,4-6,11-12H2,1-3H3. The third-order valence-corrected chi connectivity index (χ3v) is 4.89. The molecule has 0 spiro atoms. The molecule has 0 amide bonds. The maximum atomic E-state index is 5.92. The van der Waals surface area contributed by atoms with E-state index < -0.39 is 0 Å². The van der Waals surface area contributed by atoms with Gasteiger partial charge in [0.2, 0.25) is 0 Å². The summed E-state index contributed by atoms with van der Waals surface area (Å²) in [5.74, 6) is 1.59. The molecule has 0 bridgehead atoms. The fraction of sp³-hybridized carbons (Fsp3) is 0.474. The fourth-order valence-electron chi connectivity index (χ4n) is 3.57. The van der Waals surface area contributed by atoms with Crippen LogP contribution in [0.15, 0.2) is 24.5 Å². The zero-order chi connectivity index (χ0) is 18.1. The van der Waals surface area contributed by atoms with Crippen molar-refractivity contribution in [3.63, 3.8) is 0 Å². The van der Waals surface area contributed by atoms with Gasteiger partial charge < -0.3 is 9.64 Å². The maximum Gasteiger partial charge on any atom is 0.164 e. The Bertz CT molecular complexity index is 901. The second-order valence-electron chi connectivity index (χ2n) is 6.88. The minimum atomic E-state index is 0.250. The van der Waals surface area contributed by atoms with Crippen molar-refractivity contribution in [2.75, 3.05) is 25.1 Å². The number of hydrogen-bond donors (Lipinski definition) is 0. The predicted molar refractivity (Wildman–Crippen MR) is 101 cm³/mol. The SMILES string of the molecule is Cc1nn(C)c2nc(-c3ccncc3)nc(N(C)CC3CCCCO3)c12. The van der Waals surface area contributed by atoms with Crippen LogP contribution < -0.4 is 4.90 Å². The largest absolute Gasteiger partial charge is 0.376 e. The molecule has 1 atom stereocenters. The van der Waals surface area contributed by atoms with Crippen LogP contribution in [-0.2, 0) is 11.8 Å². The summed E-state index contributed by atoms with van der Waals surface area (Å²) in [6.45, 7) is 3.67. The Morgan fingerprint density at radius 2 is 2.04 bits per heavy atom. The first-order chi connectivity index (χ1) is 12.6. The van der Waals surface area contributed by atoms with Crippen molar-refractivity contribution in [3.8, 4) is 11.4 Å². The maximum absolute atomic E-state index is 5.92. The first-order valence-electron chi connectivity index (χ1n) is 9.08. The average molecular weight is 352 g/mol. The fourth-order valence-corrected chi connectivity index (χ4v) is 3.57. The monoisotopic (exact) mass is 352 g/mol. The van der Waals surface area contributed by atoms with Crippen molar-refractivity contribution in [2.45, 2.75) is 32.3 Å². The first-order valence-corrected chi connectivity index (χ1v) is 9.08. The molecule has 3 aromatic heterocycles. The molecule has 3 aromatic rings. The van der Waals surface area contributed by atoms with E-state index in [9.17, 15) is 0 Å². The van der Waals surface area contributed by atoms with Gasteiger partial charge in [-0.15, -0.1) is 0 Å². The van der Waals surface area contributed by atoms with Gasteiger partial charge in [0, 0.05) is 45.2 Å². The van der Waals surface area contributed by atoms with Crippen LogP contribution in [-0.4, -0.2) is 51.0 Å². The minimum Gasteiger partial charge on any atom is -0.376 e. The molecule has 1 fully saturated rings. The predicted octanol–water partition coefficient (Wildman–Crippen LogP) is 2.74. The van der Waals surface area contributed by atoms with Crippen LogP contribution in [0.4, 0.5) is 5.82 Å². The van der Waals surface area contributed by atoms with Gasteiger partial charge in [-0.3, -0.25) is 9.67 Å². The lowest BCUT2D eigenvalue weighted by molar-refractivity contribution is 0.0215. The quantitative estimate of drug-likeness (QED) is 0.719. The molecule has 0 aliphatic carbocycles. The first kappa shape index (κ1) is 16.9. The molecule has 26 heavy (non-hydrogen) atoms. The van der Waals surface area contributed by atoms with E-state index in [1.807, 2.05) is 30.8 Å². The number of pyridine rings is 1. The van der Waals surface area contributed by atoms with Gasteiger partial charge in [0.1, 0.15) is 5.82 Å². The van der Waals surface area contributed by atoms with E-state index in [1.165, 1.54) is 6.42 Å². The molecule has 7 nitrogen and oxygen atoms in total. The van der Waals surface area contributed by atoms with Crippen molar-refractivity contribution in [1.29, 1.82) is 0 Å². The van der Waals surface area contributed by atoms with E-state index in [0.29, 0.717) is 5.82 Å². The van der Waals surface area contributed by atoms with Crippen LogP contribution in [0.25, 0.3) is 22.4 Å². The molecule has 136 valence electrons. The van der Waals surface area contributed by atoms with Crippen molar-refractivity contribution >= 4 is 16.9 Å². The number of ether oxygens (including phenoxy) is 1. The van der Waals surface area contributed by atoms with Gasteiger partial charge in [0.15, 0.2) is 11.5 Å². The zero-order valence-corrected chi connectivity index (χ0v) is 15.5. The number of fused-ring (bicyclic) bond motifs is 1. The van der Waals surface area contributed by atoms with Gasteiger partial charge >= 0.3 is 0 Å². The minimum absolute atomic E-state index is 0.250. The molecule has 1 aliphatic heterocycles. The molecule has 0 aromatic carbocycles. The van der Waals surface area contributed by atoms with E-state index in [0.717, 1.165) is 54.1 Å². The molecule has 4 heterocycles. The molecule has 1 unspecified atom stereocenters. The lowest BCUT2D eigenvalue weighted by atomic mass is 10.1. The Labute approximate surface area is 153 Å². The zero-order valence-electron chi connectivity index (χ0n) is 15.5. The van der Waals surface area contributed by atoms with Gasteiger partial charge in [-0.1, -0.05) is 0 Å². The van der Waals surface area contributed by atoms with Gasteiger partial charge in [-0.2, -0.15) is 5.10 Å². The second kappa shape index (κ2) is 6.99. The van der Waals surface area contributed by atoms with Gasteiger partial charge in [-0.25, -0.2) is 9.97 Å². The third-order valence-electron chi connectivity index (χ3n) is 4.89. The summed E-state index contributed by atoms with van der Waals surface area (Å²) in [6, 6.07) is 3.86. The van der Waals surface area contributed by atoms with E-state index in [4.69, 9.17) is 14.7 Å². The second-order valence-corrected chi connectivity index (χ2v) is 6.88. The van der Waals surface area contributed by atoms with E-state index in [-0.39, 0.29) is 6.10 Å². The summed E-state index contributed by atoms with van der Waals surface area (Å²) in [5.41, 5.74) is 2.73. The summed E-state index contributed by atoms with van der Waals surface area (Å²) in [5, 5.41) is 5.56. The molecular formula is C19H24N6O. The number of rotatable bonds is 4. The average Bonchev–Trinajstić information content (AvgIpc) is 2.96. The molecule has 0 saturated carbocycles. The number of nitrogens with zero attached hydrogens (tertiary/aromatic N) is 6. The van der Waals surface area contributed by atoms with E-state index >= 15 is 0 Å². The third kappa shape index (κ3) is 3.14. The van der Waals surface area contributed by atoms with Crippen molar-refractivity contribution in [3.05, 3.63) is 30.2 Å². The Kier molecular flexibility index (Phi) is 4.55. The van der Waals surface area contributed by atoms with Gasteiger partial charge in [0.05, 0.1) is 17.2 Å². The van der Waals surface area contributed by atoms with Crippen LogP contribution in [0, 0.1) is 6.92 Å². The van der Waals surface area contributed by atoms with Crippen molar-refractivity contribution < 1.29 is 4.74 Å². The smallest absolute Gasteiger partial charge is 0.164 e. The Morgan fingerprint density at radius 3 is 2.77 bits per heavy atom. The number of aryl methyl sites for hydroxylation is 2. The highest BCUT2D eigenvalue weighted by Crippen LogP contribution is 2.29. The van der Waals surface area contributed by atoms with Crippen molar-refractivity contribution in [2.24, 2.45) is 7.05 Å². The highest BCUT2D eigenvalue weighted by Gasteiger charge is 2.22. The molecule has 0 radical (unpaired) electrons. The topological polar surface area (TPSA) is 69.0 Å². The van der Waals surface area contributed by atoms with Crippen LogP contribution >= 0.6 is 0 Å². The van der Waals surface area contributed by atoms with Crippen molar-refractivity contribution in [1.82, 2.24) is 24.7 Å². The lowest BCUT2D eigenvalue weighted by Crippen LogP contribution is -2.34. The van der Waals surface area contributed by atoms with E-state index in [1.54, 1.807) is 12.4 Å². The summed E-state index contributed by atoms with van der Waals surface area (Å²) in [7, 11) is 4.00. The molecule has 1 saturated heterocycles. The summed E-state index contributed by atoms with van der Waals surface area (Å²) >= 11 is 0. The van der Waals surface area contributed by atoms with Gasteiger partial charge in [-0.05, 0) is 38.3 Å². The molecular weight excluding hydrogens is 328 g/mol. The molecule has 1 aliphatic rings. The lowest BCUT2D eigenvalue weighted by Gasteiger charge is -2.28. The molecule has 0 N–H and O–H groups in total. The number of hydrogen-bond acceptors (Lipinski definition) is 6. The highest BCUT2D eigenvalue weighted by atomic mass is 16.5. The van der Waals surface area contributed by atoms with Crippen LogP contribution in [0.2, 0.25) is 0 Å². The Balaban J connectivity index is 1.78. The molecule has 7 heteroatoms. The van der Waals surface area contributed by atoms with E-state index in [2.05, 4.69) is 22.0 Å². The Hall–Kier alpha value is -2.54. The highest BCUT2D eigenvalue weighted by molar-refractivity contribution is 5.91. The van der Waals surface area contributed by atoms with Crippen LogP contribution in [0.1, 0.15) is 25.0 Å². The van der Waals surface area contributed by atoms with Crippen LogP contribution in [0.3, 0.4) is 0 Å². The summed E-state index contributed by atoms with van der Waals surface area (Å²) in [4.78, 5) is 15.9. The number of aromatic nitrogens is 5. The summed E-state index contributed by atoms with van der Waals surface area (Å²) < 4.78 is 7.74. The molecule has 4 rings (SSSR count). The number of likely N-dealkylation sites (N-methyl/N-ethyl adjacent to an activating group) is 1. The Morgan fingerprint density at radius 1 is 1.23 bits per heavy atom. The van der Waals surface area contributed by atoms with Crippen LogP contribution in [0.5, 0.6) is 0 Å². The van der Waals surface area contributed by atoms with Gasteiger partial charge in [0.25, 0.3) is 0 Å². The summed E-state index contributed by atoms with van der Waals surface area (Å²) in [6.07, 6.45) is 7.26. The number of anilines is 1. The normalized spacial score (nSPS) is 17.6.